The normalized spacial score (nSPS) is 12.1. The van der Waals surface area contributed by atoms with Gasteiger partial charge in [-0.15, -0.1) is 0 Å². The zero-order valence-electron chi connectivity index (χ0n) is 22.0. The first kappa shape index (κ1) is 26.6. The van der Waals surface area contributed by atoms with Crippen LogP contribution in [-0.2, 0) is 4.79 Å². The molecule has 38 heavy (non-hydrogen) atoms. The van der Waals surface area contributed by atoms with E-state index in [4.69, 9.17) is 10.1 Å². The largest absolute Gasteiger partial charge is 0.480 e. The number of nitrogens with zero attached hydrogens (tertiary/aromatic N) is 1. The summed E-state index contributed by atoms with van der Waals surface area (Å²) >= 11 is 0. The van der Waals surface area contributed by atoms with Crippen LogP contribution >= 0.6 is 0 Å². The van der Waals surface area contributed by atoms with Crippen LogP contribution in [0, 0.1) is 0 Å². The second kappa shape index (κ2) is 13.2. The number of aliphatic imine (C=N–C) groups is 1. The van der Waals surface area contributed by atoms with Gasteiger partial charge in [0.1, 0.15) is 6.54 Å². The third-order valence-corrected chi connectivity index (χ3v) is 6.45. The van der Waals surface area contributed by atoms with E-state index in [0.29, 0.717) is 0 Å². The van der Waals surface area contributed by atoms with Gasteiger partial charge in [-0.25, -0.2) is 0 Å². The summed E-state index contributed by atoms with van der Waals surface area (Å²) in [5.74, 6) is -0.892. The predicted octanol–water partition coefficient (Wildman–Crippen LogP) is 8.42. The van der Waals surface area contributed by atoms with Crippen LogP contribution in [0.25, 0.3) is 22.4 Å². The number of aliphatic carboxylic acids is 1. The van der Waals surface area contributed by atoms with Gasteiger partial charge in [0.25, 0.3) is 0 Å². The Balaban J connectivity index is 1.84. The summed E-state index contributed by atoms with van der Waals surface area (Å²) in [5, 5.41) is 12.0. The zero-order chi connectivity index (χ0) is 26.7. The van der Waals surface area contributed by atoms with Crippen molar-refractivity contribution in [3.8, 4) is 11.1 Å². The maximum absolute atomic E-state index is 11.0. The minimum Gasteiger partial charge on any atom is -0.480 e. The fourth-order valence-corrected chi connectivity index (χ4v) is 4.55. The Morgan fingerprint density at radius 3 is 2.16 bits per heavy atom. The molecule has 0 heterocycles. The quantitative estimate of drug-likeness (QED) is 0.160. The Hall–Kier alpha value is -4.44. The molecule has 192 valence electrons. The van der Waals surface area contributed by atoms with Crippen molar-refractivity contribution in [1.82, 2.24) is 0 Å². The van der Waals surface area contributed by atoms with Gasteiger partial charge in [0, 0.05) is 22.5 Å². The molecular weight excluding hydrogens is 468 g/mol. The first-order chi connectivity index (χ1) is 18.6. The standard InChI is InChI=1S/C34H34N2O2/c1-3-4-20-32(26-14-7-5-8-15-26)34(27-16-9-6-10-17-27)36-25(2)30-21-11-12-22-31(30)28-18-13-19-29(23-28)35-24-33(37)38/h5-19,21-23,35H,3-4,20,24H2,1-2H3,(H,37,38)/b34-32+,36-25?. The summed E-state index contributed by atoms with van der Waals surface area (Å²) in [4.78, 5) is 16.3. The highest BCUT2D eigenvalue weighted by Gasteiger charge is 2.14. The topological polar surface area (TPSA) is 61.7 Å². The summed E-state index contributed by atoms with van der Waals surface area (Å²) < 4.78 is 0. The van der Waals surface area contributed by atoms with Gasteiger partial charge in [0.05, 0.1) is 5.70 Å². The second-order valence-electron chi connectivity index (χ2n) is 9.23. The van der Waals surface area contributed by atoms with E-state index in [1.165, 1.54) is 11.1 Å². The van der Waals surface area contributed by atoms with Gasteiger partial charge >= 0.3 is 5.97 Å². The number of anilines is 1. The Morgan fingerprint density at radius 2 is 1.47 bits per heavy atom. The molecule has 0 bridgehead atoms. The van der Waals surface area contributed by atoms with Crippen LogP contribution in [-0.4, -0.2) is 23.3 Å². The second-order valence-corrected chi connectivity index (χ2v) is 9.23. The van der Waals surface area contributed by atoms with Gasteiger partial charge in [0.2, 0.25) is 0 Å². The fraction of sp³-hybridized carbons (Fsp3) is 0.176. The molecule has 4 rings (SSSR count). The van der Waals surface area contributed by atoms with E-state index in [9.17, 15) is 4.79 Å². The van der Waals surface area contributed by atoms with Crippen LogP contribution in [0.4, 0.5) is 5.69 Å². The number of unbranched alkanes of at least 4 members (excludes halogenated alkanes) is 1. The van der Waals surface area contributed by atoms with Gasteiger partial charge in [-0.05, 0) is 54.2 Å². The molecule has 0 unspecified atom stereocenters. The van der Waals surface area contributed by atoms with Crippen molar-refractivity contribution in [2.24, 2.45) is 4.99 Å². The minimum absolute atomic E-state index is 0.128. The fourth-order valence-electron chi connectivity index (χ4n) is 4.55. The number of hydrogen-bond donors (Lipinski definition) is 2. The average Bonchev–Trinajstić information content (AvgIpc) is 2.96. The lowest BCUT2D eigenvalue weighted by atomic mass is 9.94. The van der Waals surface area contributed by atoms with Crippen molar-refractivity contribution in [3.63, 3.8) is 0 Å². The van der Waals surface area contributed by atoms with E-state index < -0.39 is 5.97 Å². The van der Waals surface area contributed by atoms with Crippen LogP contribution in [0.1, 0.15) is 49.8 Å². The van der Waals surface area contributed by atoms with Crippen molar-refractivity contribution >= 4 is 28.6 Å². The molecule has 0 saturated heterocycles. The molecule has 0 atom stereocenters. The third kappa shape index (κ3) is 6.86. The van der Waals surface area contributed by atoms with E-state index in [0.717, 1.165) is 58.6 Å². The van der Waals surface area contributed by atoms with E-state index >= 15 is 0 Å². The number of carbonyl (C=O) groups is 1. The first-order valence-electron chi connectivity index (χ1n) is 13.1. The summed E-state index contributed by atoms with van der Waals surface area (Å²) in [6.45, 7) is 4.16. The molecular formula is C34H34N2O2. The minimum atomic E-state index is -0.892. The van der Waals surface area contributed by atoms with Gasteiger partial charge in [-0.2, -0.15) is 0 Å². The van der Waals surface area contributed by atoms with Gasteiger partial charge in [0.15, 0.2) is 0 Å². The Labute approximate surface area is 225 Å². The smallest absolute Gasteiger partial charge is 0.322 e. The molecule has 4 nitrogen and oxygen atoms in total. The number of benzene rings is 4. The van der Waals surface area contributed by atoms with Crippen LogP contribution in [0.2, 0.25) is 0 Å². The molecule has 4 aromatic carbocycles. The zero-order valence-corrected chi connectivity index (χ0v) is 22.0. The first-order valence-corrected chi connectivity index (χ1v) is 13.1. The predicted molar refractivity (Wildman–Crippen MR) is 159 cm³/mol. The molecule has 0 radical (unpaired) electrons. The lowest BCUT2D eigenvalue weighted by molar-refractivity contribution is -0.134. The van der Waals surface area contributed by atoms with Crippen molar-refractivity contribution in [2.75, 3.05) is 11.9 Å². The third-order valence-electron chi connectivity index (χ3n) is 6.45. The number of allylic oxidation sites excluding steroid dienone is 1. The van der Waals surface area contributed by atoms with Crippen molar-refractivity contribution in [1.29, 1.82) is 0 Å². The van der Waals surface area contributed by atoms with Crippen LogP contribution < -0.4 is 5.32 Å². The van der Waals surface area contributed by atoms with Gasteiger partial charge in [-0.3, -0.25) is 9.79 Å². The van der Waals surface area contributed by atoms with Gasteiger partial charge in [-0.1, -0.05) is 110 Å². The molecule has 0 amide bonds. The Morgan fingerprint density at radius 1 is 0.816 bits per heavy atom. The number of rotatable bonds is 11. The number of carboxylic acid groups (broad SMARTS) is 1. The Bertz CT molecular complexity index is 1420. The number of nitrogens with one attached hydrogen (secondary N) is 1. The lowest BCUT2D eigenvalue weighted by Crippen LogP contribution is -2.12. The molecule has 0 spiro atoms. The van der Waals surface area contributed by atoms with Crippen LogP contribution in [0.3, 0.4) is 0 Å². The average molecular weight is 503 g/mol. The van der Waals surface area contributed by atoms with E-state index in [1.807, 2.05) is 48.5 Å². The molecule has 0 aliphatic carbocycles. The van der Waals surface area contributed by atoms with Crippen molar-refractivity contribution in [2.45, 2.75) is 33.1 Å². The summed E-state index contributed by atoms with van der Waals surface area (Å²) in [6, 6.07) is 37.1. The highest BCUT2D eigenvalue weighted by Crippen LogP contribution is 2.33. The Kier molecular flexibility index (Phi) is 9.25. The number of carboxylic acids is 1. The SMILES string of the molecule is CCCC/C(=C(\N=C(C)c1ccccc1-c1cccc(NCC(=O)O)c1)c1ccccc1)c1ccccc1. The monoisotopic (exact) mass is 502 g/mol. The maximum atomic E-state index is 11.0. The van der Waals surface area contributed by atoms with E-state index in [2.05, 4.69) is 79.8 Å². The molecule has 4 heteroatoms. The van der Waals surface area contributed by atoms with Crippen LogP contribution in [0.15, 0.2) is 114 Å². The molecule has 0 aromatic heterocycles. The van der Waals surface area contributed by atoms with E-state index in [-0.39, 0.29) is 6.54 Å². The van der Waals surface area contributed by atoms with Gasteiger partial charge < -0.3 is 10.4 Å². The molecule has 0 saturated carbocycles. The molecule has 2 N–H and O–H groups in total. The van der Waals surface area contributed by atoms with E-state index in [1.54, 1.807) is 0 Å². The summed E-state index contributed by atoms with van der Waals surface area (Å²) in [5.41, 5.74) is 9.32. The highest BCUT2D eigenvalue weighted by atomic mass is 16.4. The summed E-state index contributed by atoms with van der Waals surface area (Å²) in [6.07, 6.45) is 3.14. The maximum Gasteiger partial charge on any atom is 0.322 e. The molecule has 0 fully saturated rings. The molecule has 0 aliphatic rings. The molecule has 0 aliphatic heterocycles. The number of hydrogen-bond acceptors (Lipinski definition) is 3. The van der Waals surface area contributed by atoms with Crippen molar-refractivity contribution in [3.05, 3.63) is 126 Å². The summed E-state index contributed by atoms with van der Waals surface area (Å²) in [7, 11) is 0. The molecule has 4 aromatic rings. The van der Waals surface area contributed by atoms with Crippen molar-refractivity contribution < 1.29 is 9.90 Å². The lowest BCUT2D eigenvalue weighted by Gasteiger charge is -2.16. The highest BCUT2D eigenvalue weighted by molar-refractivity contribution is 6.08. The van der Waals surface area contributed by atoms with Crippen LogP contribution in [0.5, 0.6) is 0 Å².